The summed E-state index contributed by atoms with van der Waals surface area (Å²) in [5.41, 5.74) is 1.06. The van der Waals surface area contributed by atoms with Gasteiger partial charge < -0.3 is 4.74 Å². The molecule has 0 aliphatic carbocycles. The van der Waals surface area contributed by atoms with Gasteiger partial charge in [0.2, 0.25) is 0 Å². The van der Waals surface area contributed by atoms with E-state index in [-0.39, 0.29) is 5.38 Å². The third kappa shape index (κ3) is 2.15. The highest BCUT2D eigenvalue weighted by Gasteiger charge is 2.06. The smallest absolute Gasteiger partial charge is 0.123 e. The Morgan fingerprint density at radius 3 is 2.67 bits per heavy atom. The van der Waals surface area contributed by atoms with Gasteiger partial charge in [0, 0.05) is 5.56 Å². The molecule has 1 nitrogen and oxygen atoms in total. The minimum atomic E-state index is 0.00718. The zero-order valence-corrected chi connectivity index (χ0v) is 8.14. The van der Waals surface area contributed by atoms with Gasteiger partial charge in [0.05, 0.1) is 12.0 Å². The summed E-state index contributed by atoms with van der Waals surface area (Å²) in [6, 6.07) is 7.85. The molecule has 0 aliphatic heterocycles. The molecule has 1 aromatic carbocycles. The molecule has 0 saturated heterocycles. The maximum absolute atomic E-state index is 5.96. The monoisotopic (exact) mass is 184 g/mol. The lowest BCUT2D eigenvalue weighted by molar-refractivity contribution is 0.336. The second-order valence-corrected chi connectivity index (χ2v) is 3.24. The Labute approximate surface area is 78.3 Å². The zero-order chi connectivity index (χ0) is 8.97. The number of para-hydroxylation sites is 1. The molecular formula is C10H13ClO. The van der Waals surface area contributed by atoms with E-state index in [0.29, 0.717) is 6.61 Å². The minimum Gasteiger partial charge on any atom is -0.494 e. The molecule has 0 radical (unpaired) electrons. The largest absolute Gasteiger partial charge is 0.494 e. The minimum absolute atomic E-state index is 0.00718. The summed E-state index contributed by atoms with van der Waals surface area (Å²) in [5.74, 6) is 0.891. The van der Waals surface area contributed by atoms with Crippen molar-refractivity contribution in [2.45, 2.75) is 19.2 Å². The maximum Gasteiger partial charge on any atom is 0.123 e. The van der Waals surface area contributed by atoms with Gasteiger partial charge in [0.25, 0.3) is 0 Å². The van der Waals surface area contributed by atoms with Crippen LogP contribution in [-0.4, -0.2) is 6.61 Å². The highest BCUT2D eigenvalue weighted by molar-refractivity contribution is 6.20. The van der Waals surface area contributed by atoms with Crippen LogP contribution in [0, 0.1) is 0 Å². The molecule has 1 unspecified atom stereocenters. The molecule has 1 rings (SSSR count). The quantitative estimate of drug-likeness (QED) is 0.655. The lowest BCUT2D eigenvalue weighted by Gasteiger charge is -2.10. The van der Waals surface area contributed by atoms with Gasteiger partial charge in [-0.05, 0) is 19.9 Å². The molecule has 0 saturated carbocycles. The van der Waals surface area contributed by atoms with Gasteiger partial charge in [-0.1, -0.05) is 18.2 Å². The van der Waals surface area contributed by atoms with Gasteiger partial charge in [-0.15, -0.1) is 11.6 Å². The average molecular weight is 185 g/mol. The predicted molar refractivity (Wildman–Crippen MR) is 51.9 cm³/mol. The number of hydrogen-bond acceptors (Lipinski definition) is 1. The topological polar surface area (TPSA) is 9.23 Å². The first kappa shape index (κ1) is 9.40. The van der Waals surface area contributed by atoms with Crippen molar-refractivity contribution >= 4 is 11.6 Å². The zero-order valence-electron chi connectivity index (χ0n) is 7.38. The van der Waals surface area contributed by atoms with Crippen molar-refractivity contribution in [1.82, 2.24) is 0 Å². The summed E-state index contributed by atoms with van der Waals surface area (Å²) in [6.45, 7) is 4.59. The fourth-order valence-corrected chi connectivity index (χ4v) is 1.28. The lowest BCUT2D eigenvalue weighted by atomic mass is 10.1. The first-order valence-electron chi connectivity index (χ1n) is 4.11. The number of halogens is 1. The van der Waals surface area contributed by atoms with Gasteiger partial charge in [0.1, 0.15) is 5.75 Å². The van der Waals surface area contributed by atoms with E-state index >= 15 is 0 Å². The van der Waals surface area contributed by atoms with Crippen molar-refractivity contribution < 1.29 is 4.74 Å². The molecule has 1 atom stereocenters. The van der Waals surface area contributed by atoms with Crippen LogP contribution in [0.2, 0.25) is 0 Å². The molecule has 0 amide bonds. The molecular weight excluding hydrogens is 172 g/mol. The Morgan fingerprint density at radius 1 is 1.42 bits per heavy atom. The molecule has 0 heterocycles. The van der Waals surface area contributed by atoms with Crippen molar-refractivity contribution in [3.8, 4) is 5.75 Å². The number of rotatable bonds is 3. The second-order valence-electron chi connectivity index (χ2n) is 2.59. The number of alkyl halides is 1. The fraction of sp³-hybridized carbons (Fsp3) is 0.400. The van der Waals surface area contributed by atoms with Crippen LogP contribution in [0.3, 0.4) is 0 Å². The SMILES string of the molecule is CCOc1ccccc1C(C)Cl. The molecule has 66 valence electrons. The van der Waals surface area contributed by atoms with E-state index in [9.17, 15) is 0 Å². The normalized spacial score (nSPS) is 12.6. The van der Waals surface area contributed by atoms with Gasteiger partial charge in [-0.3, -0.25) is 0 Å². The van der Waals surface area contributed by atoms with Crippen LogP contribution < -0.4 is 4.74 Å². The van der Waals surface area contributed by atoms with Gasteiger partial charge in [-0.2, -0.15) is 0 Å². The second kappa shape index (κ2) is 4.36. The van der Waals surface area contributed by atoms with Crippen LogP contribution >= 0.6 is 11.6 Å². The molecule has 0 aliphatic rings. The van der Waals surface area contributed by atoms with E-state index < -0.39 is 0 Å². The summed E-state index contributed by atoms with van der Waals surface area (Å²) in [6.07, 6.45) is 0. The van der Waals surface area contributed by atoms with Crippen molar-refractivity contribution in [1.29, 1.82) is 0 Å². The summed E-state index contributed by atoms with van der Waals surface area (Å²) in [4.78, 5) is 0. The summed E-state index contributed by atoms with van der Waals surface area (Å²) in [5, 5.41) is 0.00718. The molecule has 0 N–H and O–H groups in total. The van der Waals surface area contributed by atoms with Crippen LogP contribution in [-0.2, 0) is 0 Å². The molecule has 12 heavy (non-hydrogen) atoms. The summed E-state index contributed by atoms with van der Waals surface area (Å²) < 4.78 is 5.41. The predicted octanol–water partition coefficient (Wildman–Crippen LogP) is 3.39. The highest BCUT2D eigenvalue weighted by atomic mass is 35.5. The van der Waals surface area contributed by atoms with Gasteiger partial charge in [-0.25, -0.2) is 0 Å². The Balaban J connectivity index is 2.92. The van der Waals surface area contributed by atoms with Crippen LogP contribution in [0.1, 0.15) is 24.8 Å². The Morgan fingerprint density at radius 2 is 2.08 bits per heavy atom. The number of ether oxygens (including phenoxy) is 1. The number of benzene rings is 1. The van der Waals surface area contributed by atoms with Crippen LogP contribution in [0.15, 0.2) is 24.3 Å². The van der Waals surface area contributed by atoms with Crippen molar-refractivity contribution in [2.75, 3.05) is 6.61 Å². The summed E-state index contributed by atoms with van der Waals surface area (Å²) in [7, 11) is 0. The van der Waals surface area contributed by atoms with Gasteiger partial charge in [0.15, 0.2) is 0 Å². The van der Waals surface area contributed by atoms with E-state index in [0.717, 1.165) is 11.3 Å². The van der Waals surface area contributed by atoms with Crippen LogP contribution in [0.25, 0.3) is 0 Å². The first-order valence-corrected chi connectivity index (χ1v) is 4.55. The van der Waals surface area contributed by atoms with E-state index in [4.69, 9.17) is 16.3 Å². The molecule has 0 fully saturated rings. The molecule has 1 aromatic rings. The standard InChI is InChI=1S/C10H13ClO/c1-3-12-10-7-5-4-6-9(10)8(2)11/h4-8H,3H2,1-2H3. The number of hydrogen-bond donors (Lipinski definition) is 0. The molecule has 0 spiro atoms. The Bertz CT molecular complexity index is 245. The third-order valence-corrected chi connectivity index (χ3v) is 1.88. The average Bonchev–Trinajstić information content (AvgIpc) is 2.05. The first-order chi connectivity index (χ1) is 5.75. The summed E-state index contributed by atoms with van der Waals surface area (Å²) >= 11 is 5.96. The van der Waals surface area contributed by atoms with Crippen molar-refractivity contribution in [3.63, 3.8) is 0 Å². The third-order valence-electron chi connectivity index (χ3n) is 1.65. The Kier molecular flexibility index (Phi) is 3.42. The highest BCUT2D eigenvalue weighted by Crippen LogP contribution is 2.28. The molecule has 0 aromatic heterocycles. The van der Waals surface area contributed by atoms with Crippen LogP contribution in [0.4, 0.5) is 0 Å². The Hall–Kier alpha value is -0.690. The van der Waals surface area contributed by atoms with E-state index in [1.54, 1.807) is 0 Å². The van der Waals surface area contributed by atoms with E-state index in [2.05, 4.69) is 0 Å². The molecule has 2 heteroatoms. The van der Waals surface area contributed by atoms with E-state index in [1.165, 1.54) is 0 Å². The van der Waals surface area contributed by atoms with Crippen molar-refractivity contribution in [3.05, 3.63) is 29.8 Å². The van der Waals surface area contributed by atoms with E-state index in [1.807, 2.05) is 38.1 Å². The maximum atomic E-state index is 5.96. The van der Waals surface area contributed by atoms with Gasteiger partial charge >= 0.3 is 0 Å². The van der Waals surface area contributed by atoms with Crippen LogP contribution in [0.5, 0.6) is 5.75 Å². The fourth-order valence-electron chi connectivity index (χ4n) is 1.10. The lowest BCUT2D eigenvalue weighted by Crippen LogP contribution is -1.96. The van der Waals surface area contributed by atoms with Crippen molar-refractivity contribution in [2.24, 2.45) is 0 Å². The molecule has 0 bridgehead atoms.